The molecule has 104 valence electrons. The Kier molecular flexibility index (Phi) is 5.82. The van der Waals surface area contributed by atoms with Gasteiger partial charge in [-0.15, -0.1) is 0 Å². The maximum absolute atomic E-state index is 11.8. The zero-order valence-electron chi connectivity index (χ0n) is 10.8. The highest BCUT2D eigenvalue weighted by molar-refractivity contribution is 9.10. The molecule has 0 aliphatic carbocycles. The highest BCUT2D eigenvalue weighted by Gasteiger charge is 2.25. The molecule has 0 unspecified atom stereocenters. The van der Waals surface area contributed by atoms with Crippen LogP contribution in [-0.4, -0.2) is 23.1 Å². The normalized spacial score (nSPS) is 13.4. The summed E-state index contributed by atoms with van der Waals surface area (Å²) in [5, 5.41) is 14.2. The molecule has 0 aliphatic rings. The molecule has 19 heavy (non-hydrogen) atoms. The van der Waals surface area contributed by atoms with Crippen molar-refractivity contribution in [2.75, 3.05) is 5.32 Å². The molecule has 0 radical (unpaired) electrons. The summed E-state index contributed by atoms with van der Waals surface area (Å²) in [4.78, 5) is 22.9. The van der Waals surface area contributed by atoms with Crippen LogP contribution in [0.4, 0.5) is 10.5 Å². The van der Waals surface area contributed by atoms with Crippen molar-refractivity contribution in [3.05, 3.63) is 28.7 Å². The quantitative estimate of drug-likeness (QED) is 0.777. The average molecular weight is 329 g/mol. The Morgan fingerprint density at radius 1 is 1.37 bits per heavy atom. The molecule has 2 atom stereocenters. The molecule has 0 fully saturated rings. The molecule has 0 saturated carbocycles. The molecule has 6 heteroatoms. The van der Waals surface area contributed by atoms with Crippen molar-refractivity contribution in [1.29, 1.82) is 0 Å². The van der Waals surface area contributed by atoms with Crippen molar-refractivity contribution in [2.24, 2.45) is 5.92 Å². The highest BCUT2D eigenvalue weighted by atomic mass is 79.9. The van der Waals surface area contributed by atoms with Crippen LogP contribution in [0.3, 0.4) is 0 Å². The monoisotopic (exact) mass is 328 g/mol. The highest BCUT2D eigenvalue weighted by Crippen LogP contribution is 2.21. The van der Waals surface area contributed by atoms with E-state index in [4.69, 9.17) is 5.11 Å². The number of carbonyl (C=O) groups is 2. The topological polar surface area (TPSA) is 78.4 Å². The summed E-state index contributed by atoms with van der Waals surface area (Å²) in [6, 6.07) is 5.70. The molecule has 0 aromatic heterocycles. The number of carbonyl (C=O) groups excluding carboxylic acids is 1. The number of hydrogen-bond donors (Lipinski definition) is 3. The van der Waals surface area contributed by atoms with E-state index in [0.29, 0.717) is 12.1 Å². The fourth-order valence-corrected chi connectivity index (χ4v) is 1.93. The summed E-state index contributed by atoms with van der Waals surface area (Å²) >= 11 is 3.30. The van der Waals surface area contributed by atoms with Crippen LogP contribution in [-0.2, 0) is 4.79 Å². The van der Waals surface area contributed by atoms with E-state index in [2.05, 4.69) is 26.6 Å². The third kappa shape index (κ3) is 4.55. The van der Waals surface area contributed by atoms with Gasteiger partial charge in [-0.2, -0.15) is 0 Å². The largest absolute Gasteiger partial charge is 0.480 e. The standard InChI is InChI=1S/C13H17BrN2O3/c1-3-8(2)11(12(17)18)16-13(19)15-10-7-5-4-6-9(10)14/h4-8,11H,3H2,1-2H3,(H,17,18)(H2,15,16,19)/t8-,11-/m0/s1. The van der Waals surface area contributed by atoms with Gasteiger partial charge in [0.1, 0.15) is 6.04 Å². The zero-order chi connectivity index (χ0) is 14.4. The summed E-state index contributed by atoms with van der Waals surface area (Å²) in [7, 11) is 0. The van der Waals surface area contributed by atoms with Crippen LogP contribution in [0, 0.1) is 5.92 Å². The van der Waals surface area contributed by atoms with Crippen molar-refractivity contribution >= 4 is 33.6 Å². The molecule has 0 aliphatic heterocycles. The van der Waals surface area contributed by atoms with E-state index >= 15 is 0 Å². The van der Waals surface area contributed by atoms with E-state index < -0.39 is 18.0 Å². The van der Waals surface area contributed by atoms with Crippen LogP contribution < -0.4 is 10.6 Å². The molecule has 0 saturated heterocycles. The Hall–Kier alpha value is -1.56. The van der Waals surface area contributed by atoms with Crippen molar-refractivity contribution in [1.82, 2.24) is 5.32 Å². The van der Waals surface area contributed by atoms with Gasteiger partial charge in [-0.05, 0) is 34.0 Å². The van der Waals surface area contributed by atoms with Crippen molar-refractivity contribution in [2.45, 2.75) is 26.3 Å². The van der Waals surface area contributed by atoms with E-state index in [9.17, 15) is 9.59 Å². The lowest BCUT2D eigenvalue weighted by molar-refractivity contribution is -0.140. The van der Waals surface area contributed by atoms with Gasteiger partial charge in [0.05, 0.1) is 5.69 Å². The number of carboxylic acids is 1. The van der Waals surface area contributed by atoms with Crippen LogP contribution in [0.25, 0.3) is 0 Å². The van der Waals surface area contributed by atoms with Crippen LogP contribution in [0.15, 0.2) is 28.7 Å². The first-order valence-corrected chi connectivity index (χ1v) is 6.79. The molecule has 3 N–H and O–H groups in total. The lowest BCUT2D eigenvalue weighted by Gasteiger charge is -2.20. The van der Waals surface area contributed by atoms with Crippen molar-refractivity contribution < 1.29 is 14.7 Å². The second kappa shape index (κ2) is 7.13. The van der Waals surface area contributed by atoms with Gasteiger partial charge in [0.15, 0.2) is 0 Å². The van der Waals surface area contributed by atoms with E-state index in [1.54, 1.807) is 25.1 Å². The molecular formula is C13H17BrN2O3. The molecule has 5 nitrogen and oxygen atoms in total. The van der Waals surface area contributed by atoms with Crippen molar-refractivity contribution in [3.63, 3.8) is 0 Å². The van der Waals surface area contributed by atoms with Crippen LogP contribution in [0.1, 0.15) is 20.3 Å². The van der Waals surface area contributed by atoms with Gasteiger partial charge in [-0.3, -0.25) is 0 Å². The van der Waals surface area contributed by atoms with Gasteiger partial charge >= 0.3 is 12.0 Å². The third-order valence-electron chi connectivity index (χ3n) is 2.89. The SMILES string of the molecule is CC[C@H](C)[C@H](NC(=O)Nc1ccccc1Br)C(=O)O. The number of anilines is 1. The lowest BCUT2D eigenvalue weighted by Crippen LogP contribution is -2.46. The second-order valence-corrected chi connectivity index (χ2v) is 5.13. The molecule has 1 aromatic carbocycles. The second-order valence-electron chi connectivity index (χ2n) is 4.28. The molecule has 0 heterocycles. The van der Waals surface area contributed by atoms with Gasteiger partial charge in [0.25, 0.3) is 0 Å². The zero-order valence-corrected chi connectivity index (χ0v) is 12.4. The Bertz CT molecular complexity index is 465. The first-order valence-electron chi connectivity index (χ1n) is 6.00. The average Bonchev–Trinajstić information content (AvgIpc) is 2.37. The van der Waals surface area contributed by atoms with E-state index in [0.717, 1.165) is 4.47 Å². The first kappa shape index (κ1) is 15.5. The first-order chi connectivity index (χ1) is 8.95. The molecule has 1 aromatic rings. The number of nitrogens with one attached hydrogen (secondary N) is 2. The maximum atomic E-state index is 11.8. The number of aliphatic carboxylic acids is 1. The fraction of sp³-hybridized carbons (Fsp3) is 0.385. The number of hydrogen-bond acceptors (Lipinski definition) is 2. The van der Waals surface area contributed by atoms with Gasteiger partial charge in [-0.1, -0.05) is 32.4 Å². The van der Waals surface area contributed by atoms with Gasteiger partial charge < -0.3 is 15.7 Å². The van der Waals surface area contributed by atoms with E-state index in [-0.39, 0.29) is 5.92 Å². The number of amides is 2. The summed E-state index contributed by atoms with van der Waals surface area (Å²) in [5.74, 6) is -1.17. The van der Waals surface area contributed by atoms with Crippen LogP contribution in [0.5, 0.6) is 0 Å². The predicted molar refractivity (Wildman–Crippen MR) is 77.2 cm³/mol. The van der Waals surface area contributed by atoms with Crippen LogP contribution in [0.2, 0.25) is 0 Å². The molecule has 0 spiro atoms. The molecule has 2 amide bonds. The molecule has 1 rings (SSSR count). The van der Waals surface area contributed by atoms with Gasteiger partial charge in [0.2, 0.25) is 0 Å². The summed E-state index contributed by atoms with van der Waals surface area (Å²) < 4.78 is 0.737. The Balaban J connectivity index is 2.68. The van der Waals surface area contributed by atoms with E-state index in [1.807, 2.05) is 13.0 Å². The minimum atomic E-state index is -1.03. The Labute approximate surface area is 120 Å². The summed E-state index contributed by atoms with van der Waals surface area (Å²) in [6.07, 6.45) is 0.673. The Morgan fingerprint density at radius 2 is 2.00 bits per heavy atom. The summed E-state index contributed by atoms with van der Waals surface area (Å²) in [5.41, 5.74) is 0.591. The summed E-state index contributed by atoms with van der Waals surface area (Å²) in [6.45, 7) is 3.67. The van der Waals surface area contributed by atoms with Crippen molar-refractivity contribution in [3.8, 4) is 0 Å². The minimum absolute atomic E-state index is 0.137. The molecule has 0 bridgehead atoms. The number of halogens is 1. The minimum Gasteiger partial charge on any atom is -0.480 e. The number of para-hydroxylation sites is 1. The predicted octanol–water partition coefficient (Wildman–Crippen LogP) is 3.07. The van der Waals surface area contributed by atoms with E-state index in [1.165, 1.54) is 0 Å². The smallest absolute Gasteiger partial charge is 0.326 e. The third-order valence-corrected chi connectivity index (χ3v) is 3.58. The Morgan fingerprint density at radius 3 is 2.53 bits per heavy atom. The molecular weight excluding hydrogens is 312 g/mol. The number of urea groups is 1. The maximum Gasteiger partial charge on any atom is 0.326 e. The van der Waals surface area contributed by atoms with Gasteiger partial charge in [-0.25, -0.2) is 9.59 Å². The lowest BCUT2D eigenvalue weighted by atomic mass is 9.99. The van der Waals surface area contributed by atoms with Crippen LogP contribution >= 0.6 is 15.9 Å². The number of rotatable bonds is 5. The fourth-order valence-electron chi connectivity index (χ4n) is 1.55. The number of benzene rings is 1. The number of carboxylic acid groups (broad SMARTS) is 1. The van der Waals surface area contributed by atoms with Gasteiger partial charge in [0, 0.05) is 4.47 Å².